The van der Waals surface area contributed by atoms with Crippen LogP contribution in [0.4, 0.5) is 5.69 Å². The van der Waals surface area contributed by atoms with Crippen LogP contribution >= 0.6 is 0 Å². The van der Waals surface area contributed by atoms with Gasteiger partial charge in [0.25, 0.3) is 0 Å². The number of aromatic nitrogens is 2. The van der Waals surface area contributed by atoms with Crippen LogP contribution in [0.1, 0.15) is 13.8 Å². The molecule has 2 rings (SSSR count). The second-order valence-corrected chi connectivity index (χ2v) is 4.54. The van der Waals surface area contributed by atoms with Crippen LogP contribution in [0.2, 0.25) is 0 Å². The smallest absolute Gasteiger partial charge is 0.323 e. The predicted octanol–water partition coefficient (Wildman–Crippen LogP) is 1.59. The molecule has 5 nitrogen and oxygen atoms in total. The average molecular weight is 230 g/mol. The molecule has 0 fully saturated rings. The number of anilines is 1. The number of nitrogens with zero attached hydrogens (tertiary/aromatic N) is 2. The van der Waals surface area contributed by atoms with Gasteiger partial charge in [-0.1, -0.05) is 0 Å². The number of nitrogens with one attached hydrogen (secondary N) is 2. The number of nitriles is 1. The zero-order valence-electron chi connectivity index (χ0n) is 10.0. The van der Waals surface area contributed by atoms with Crippen molar-refractivity contribution < 1.29 is 0 Å². The lowest BCUT2D eigenvalue weighted by atomic mass is 10.1. The zero-order valence-corrected chi connectivity index (χ0v) is 10.0. The molecule has 1 aromatic carbocycles. The molecule has 2 N–H and O–H groups in total. The molecule has 1 aromatic heterocycles. The molecule has 17 heavy (non-hydrogen) atoms. The van der Waals surface area contributed by atoms with Gasteiger partial charge >= 0.3 is 5.69 Å². The largest absolute Gasteiger partial charge is 0.357 e. The summed E-state index contributed by atoms with van der Waals surface area (Å²) in [5.74, 6) is 0. The van der Waals surface area contributed by atoms with Gasteiger partial charge in [-0.25, -0.2) is 4.79 Å². The molecule has 0 aliphatic carbocycles. The summed E-state index contributed by atoms with van der Waals surface area (Å²) in [6.07, 6.45) is 0. The fraction of sp³-hybridized carbons (Fsp3) is 0.333. The van der Waals surface area contributed by atoms with Crippen LogP contribution in [0.3, 0.4) is 0 Å². The number of H-pyrrole nitrogens is 2. The molecule has 0 bridgehead atoms. The minimum absolute atomic E-state index is 0.223. The quantitative estimate of drug-likeness (QED) is 0.822. The van der Waals surface area contributed by atoms with E-state index in [1.807, 2.05) is 44.0 Å². The van der Waals surface area contributed by atoms with Crippen LogP contribution in [-0.4, -0.2) is 22.6 Å². The topological polar surface area (TPSA) is 75.7 Å². The van der Waals surface area contributed by atoms with Crippen LogP contribution in [0, 0.1) is 11.3 Å². The summed E-state index contributed by atoms with van der Waals surface area (Å²) in [6.45, 7) is 3.69. The number of hydrogen-bond donors (Lipinski definition) is 2. The van der Waals surface area contributed by atoms with Crippen molar-refractivity contribution in [1.82, 2.24) is 9.97 Å². The van der Waals surface area contributed by atoms with Crippen molar-refractivity contribution in [3.8, 4) is 6.07 Å². The monoisotopic (exact) mass is 230 g/mol. The highest BCUT2D eigenvalue weighted by molar-refractivity contribution is 5.79. The van der Waals surface area contributed by atoms with E-state index >= 15 is 0 Å². The lowest BCUT2D eigenvalue weighted by molar-refractivity contribution is 0.617. The average Bonchev–Trinajstić information content (AvgIpc) is 2.66. The van der Waals surface area contributed by atoms with Crippen LogP contribution in [0.25, 0.3) is 11.0 Å². The molecule has 88 valence electrons. The third kappa shape index (κ3) is 1.89. The van der Waals surface area contributed by atoms with E-state index in [0.717, 1.165) is 16.7 Å². The maximum atomic E-state index is 11.1. The first-order chi connectivity index (χ1) is 7.94. The molecule has 0 saturated carbocycles. The summed E-state index contributed by atoms with van der Waals surface area (Å²) in [7, 11) is 1.86. The Bertz CT molecular complexity index is 644. The first kappa shape index (κ1) is 11.3. The molecule has 0 amide bonds. The van der Waals surface area contributed by atoms with Gasteiger partial charge in [0.2, 0.25) is 0 Å². The van der Waals surface area contributed by atoms with Gasteiger partial charge in [-0.2, -0.15) is 5.26 Å². The van der Waals surface area contributed by atoms with Crippen molar-refractivity contribution >= 4 is 16.7 Å². The fourth-order valence-corrected chi connectivity index (χ4v) is 1.63. The van der Waals surface area contributed by atoms with Gasteiger partial charge in [0.15, 0.2) is 0 Å². The first-order valence-corrected chi connectivity index (χ1v) is 5.31. The van der Waals surface area contributed by atoms with Crippen molar-refractivity contribution in [2.45, 2.75) is 19.4 Å². The number of imidazole rings is 1. The lowest BCUT2D eigenvalue weighted by Crippen LogP contribution is -2.39. The van der Waals surface area contributed by atoms with Gasteiger partial charge in [0.1, 0.15) is 5.54 Å². The minimum atomic E-state index is -0.593. The Labute approximate surface area is 98.7 Å². The van der Waals surface area contributed by atoms with Crippen molar-refractivity contribution in [1.29, 1.82) is 5.26 Å². The van der Waals surface area contributed by atoms with E-state index in [1.54, 1.807) is 0 Å². The molecule has 0 aliphatic rings. The Morgan fingerprint density at radius 3 is 2.59 bits per heavy atom. The van der Waals surface area contributed by atoms with Crippen LogP contribution < -0.4 is 10.6 Å². The van der Waals surface area contributed by atoms with E-state index in [9.17, 15) is 4.79 Å². The van der Waals surface area contributed by atoms with Gasteiger partial charge in [-0.05, 0) is 32.0 Å². The zero-order chi connectivity index (χ0) is 12.6. The molecule has 2 aromatic rings. The van der Waals surface area contributed by atoms with E-state index in [0.29, 0.717) is 0 Å². The van der Waals surface area contributed by atoms with Gasteiger partial charge in [0.05, 0.1) is 17.1 Å². The van der Waals surface area contributed by atoms with Crippen LogP contribution in [-0.2, 0) is 0 Å². The molecular formula is C12H14N4O. The molecule has 0 spiro atoms. The first-order valence-electron chi connectivity index (χ1n) is 5.31. The summed E-state index contributed by atoms with van der Waals surface area (Å²) >= 11 is 0. The molecule has 0 atom stereocenters. The Morgan fingerprint density at radius 2 is 1.94 bits per heavy atom. The van der Waals surface area contributed by atoms with Gasteiger partial charge in [-0.3, -0.25) is 0 Å². The van der Waals surface area contributed by atoms with Crippen molar-refractivity contribution in [3.05, 3.63) is 28.7 Å². The predicted molar refractivity (Wildman–Crippen MR) is 67.0 cm³/mol. The molecular weight excluding hydrogens is 216 g/mol. The standard InChI is InChI=1S/C12H14N4O/c1-12(2,7-13)16(3)8-4-5-9-10(6-8)15-11(17)14-9/h4-6H,1-3H3,(H2,14,15,17). The molecule has 5 heteroatoms. The van der Waals surface area contributed by atoms with Crippen molar-refractivity contribution in [3.63, 3.8) is 0 Å². The number of aromatic amines is 2. The summed E-state index contributed by atoms with van der Waals surface area (Å²) in [6, 6.07) is 7.80. The Hall–Kier alpha value is -2.22. The molecule has 0 aliphatic heterocycles. The summed E-state index contributed by atoms with van der Waals surface area (Å²) in [5.41, 5.74) is 1.58. The Balaban J connectivity index is 2.50. The van der Waals surface area contributed by atoms with Crippen LogP contribution in [0.15, 0.2) is 23.0 Å². The van der Waals surface area contributed by atoms with E-state index in [4.69, 9.17) is 5.26 Å². The van der Waals surface area contributed by atoms with Gasteiger partial charge in [-0.15, -0.1) is 0 Å². The van der Waals surface area contributed by atoms with E-state index < -0.39 is 5.54 Å². The molecule has 0 radical (unpaired) electrons. The number of fused-ring (bicyclic) bond motifs is 1. The van der Waals surface area contributed by atoms with Crippen molar-refractivity contribution in [2.24, 2.45) is 0 Å². The van der Waals surface area contributed by atoms with Crippen LogP contribution in [0.5, 0.6) is 0 Å². The molecule has 1 heterocycles. The molecule has 0 unspecified atom stereocenters. The minimum Gasteiger partial charge on any atom is -0.357 e. The van der Waals surface area contributed by atoms with E-state index in [1.165, 1.54) is 0 Å². The van der Waals surface area contributed by atoms with E-state index in [2.05, 4.69) is 16.0 Å². The second kappa shape index (κ2) is 3.67. The second-order valence-electron chi connectivity index (χ2n) is 4.54. The Morgan fingerprint density at radius 1 is 1.29 bits per heavy atom. The summed E-state index contributed by atoms with van der Waals surface area (Å²) < 4.78 is 0. The van der Waals surface area contributed by atoms with Gasteiger partial charge in [0, 0.05) is 12.7 Å². The maximum Gasteiger partial charge on any atom is 0.323 e. The Kier molecular flexibility index (Phi) is 2.43. The third-order valence-corrected chi connectivity index (χ3v) is 3.00. The SMILES string of the molecule is CN(c1ccc2[nH]c(=O)[nH]c2c1)C(C)(C)C#N. The summed E-state index contributed by atoms with van der Waals surface area (Å²) in [4.78, 5) is 18.4. The fourth-order valence-electron chi connectivity index (χ4n) is 1.63. The maximum absolute atomic E-state index is 11.1. The van der Waals surface area contributed by atoms with Gasteiger partial charge < -0.3 is 14.9 Å². The van der Waals surface area contributed by atoms with E-state index in [-0.39, 0.29) is 5.69 Å². The highest BCUT2D eigenvalue weighted by atomic mass is 16.1. The summed E-state index contributed by atoms with van der Waals surface area (Å²) in [5, 5.41) is 9.09. The molecule has 0 saturated heterocycles. The highest BCUT2D eigenvalue weighted by Crippen LogP contribution is 2.24. The van der Waals surface area contributed by atoms with Crippen molar-refractivity contribution in [2.75, 3.05) is 11.9 Å². The normalized spacial score (nSPS) is 11.4. The lowest BCUT2D eigenvalue weighted by Gasteiger charge is -2.31. The number of rotatable bonds is 2. The third-order valence-electron chi connectivity index (χ3n) is 3.00. The highest BCUT2D eigenvalue weighted by Gasteiger charge is 2.23. The number of hydrogen-bond acceptors (Lipinski definition) is 3. The number of benzene rings is 1.